The summed E-state index contributed by atoms with van der Waals surface area (Å²) >= 11 is 0. The third kappa shape index (κ3) is 4.69. The van der Waals surface area contributed by atoms with Gasteiger partial charge < -0.3 is 19.4 Å². The van der Waals surface area contributed by atoms with Gasteiger partial charge in [0.15, 0.2) is 5.83 Å². The maximum Gasteiger partial charge on any atom is 0.318 e. The second-order valence-electron chi connectivity index (χ2n) is 12.4. The molecule has 42 heavy (non-hydrogen) atoms. The lowest BCUT2D eigenvalue weighted by Crippen LogP contribution is -2.63. The highest BCUT2D eigenvalue weighted by molar-refractivity contribution is 5.91. The van der Waals surface area contributed by atoms with Gasteiger partial charge in [0.2, 0.25) is 0 Å². The number of anilines is 2. The summed E-state index contributed by atoms with van der Waals surface area (Å²) < 4.78 is 48.4. The van der Waals surface area contributed by atoms with Crippen LogP contribution in [0, 0.1) is 5.82 Å². The second kappa shape index (κ2) is 10.7. The molecule has 8 nitrogen and oxygen atoms in total. The summed E-state index contributed by atoms with van der Waals surface area (Å²) in [5.74, 6) is -0.888. The monoisotopic (exact) mass is 582 g/mol. The fourth-order valence-electron chi connectivity index (χ4n) is 7.65. The van der Waals surface area contributed by atoms with Gasteiger partial charge in [0.05, 0.1) is 24.3 Å². The van der Waals surface area contributed by atoms with Crippen LogP contribution in [0.3, 0.4) is 0 Å². The van der Waals surface area contributed by atoms with E-state index in [0.717, 1.165) is 72.5 Å². The first-order chi connectivity index (χ1) is 20.3. The lowest BCUT2D eigenvalue weighted by molar-refractivity contribution is -0.130. The molecule has 11 heteroatoms. The molecule has 4 aliphatic heterocycles. The Labute approximate surface area is 244 Å². The lowest BCUT2D eigenvalue weighted by atomic mass is 9.89. The largest absolute Gasteiger partial charge is 0.462 e. The number of benzene rings is 1. The summed E-state index contributed by atoms with van der Waals surface area (Å²) in [6, 6.07) is 3.65. The maximum absolute atomic E-state index is 14.7. The van der Waals surface area contributed by atoms with Crippen LogP contribution in [0.1, 0.15) is 48.1 Å². The number of rotatable bonds is 6. The van der Waals surface area contributed by atoms with Crippen LogP contribution >= 0.6 is 0 Å². The summed E-state index contributed by atoms with van der Waals surface area (Å²) in [5, 5.41) is 0. The summed E-state index contributed by atoms with van der Waals surface area (Å²) in [5.41, 5.74) is 4.93. The number of aromatic nitrogens is 2. The Morgan fingerprint density at radius 3 is 2.64 bits per heavy atom. The first-order valence-electron chi connectivity index (χ1n) is 15.1. The van der Waals surface area contributed by atoms with E-state index in [1.54, 1.807) is 11.0 Å². The first kappa shape index (κ1) is 27.5. The van der Waals surface area contributed by atoms with E-state index >= 15 is 0 Å². The average molecular weight is 583 g/mol. The number of alkyl halides is 1. The zero-order chi connectivity index (χ0) is 29.1. The van der Waals surface area contributed by atoms with E-state index in [2.05, 4.69) is 16.4 Å². The van der Waals surface area contributed by atoms with E-state index in [1.165, 1.54) is 0 Å². The number of amides is 1. The number of fused-ring (bicyclic) bond motifs is 3. The number of carbonyl (C=O) groups is 1. The van der Waals surface area contributed by atoms with Crippen LogP contribution in [0.4, 0.5) is 24.7 Å². The van der Waals surface area contributed by atoms with E-state index < -0.39 is 17.9 Å². The molecule has 0 bridgehead atoms. The van der Waals surface area contributed by atoms with Crippen LogP contribution in [0.25, 0.3) is 0 Å². The number of carbonyl (C=O) groups excluding carboxylic acids is 1. The van der Waals surface area contributed by atoms with E-state index in [1.807, 2.05) is 18.0 Å². The van der Waals surface area contributed by atoms with E-state index in [-0.39, 0.29) is 36.6 Å². The fourth-order valence-corrected chi connectivity index (χ4v) is 7.65. The van der Waals surface area contributed by atoms with Gasteiger partial charge in [-0.2, -0.15) is 9.97 Å². The van der Waals surface area contributed by atoms with Gasteiger partial charge in [-0.1, -0.05) is 6.58 Å². The van der Waals surface area contributed by atoms with Gasteiger partial charge in [-0.15, -0.1) is 0 Å². The van der Waals surface area contributed by atoms with Crippen molar-refractivity contribution in [3.05, 3.63) is 52.7 Å². The van der Waals surface area contributed by atoms with Gasteiger partial charge in [-0.3, -0.25) is 9.69 Å². The van der Waals surface area contributed by atoms with Crippen molar-refractivity contribution in [3.8, 4) is 6.01 Å². The van der Waals surface area contributed by atoms with Crippen LogP contribution in [0.5, 0.6) is 6.01 Å². The van der Waals surface area contributed by atoms with Gasteiger partial charge in [0, 0.05) is 43.5 Å². The highest BCUT2D eigenvalue weighted by Crippen LogP contribution is 2.41. The number of ether oxygens (including phenoxy) is 1. The molecule has 0 saturated carbocycles. The van der Waals surface area contributed by atoms with Crippen LogP contribution in [-0.2, 0) is 30.6 Å². The number of halogens is 3. The van der Waals surface area contributed by atoms with Crippen molar-refractivity contribution in [1.82, 2.24) is 19.8 Å². The van der Waals surface area contributed by atoms with Crippen molar-refractivity contribution < 1.29 is 22.7 Å². The minimum atomic E-state index is -0.931. The SMILES string of the molecule is C=C(F)C(=O)N1CC[C@@H]2[C@H]1CN2c1nc(OC[C@@H]2C[C@@H](F)CN2C)nc2c1CCN(c1ccc(F)c3c1CCCC3)C2. The molecule has 0 N–H and O–H groups in total. The van der Waals surface area contributed by atoms with E-state index in [9.17, 15) is 18.0 Å². The Balaban J connectivity index is 1.18. The molecule has 1 aromatic heterocycles. The third-order valence-electron chi connectivity index (χ3n) is 9.92. The molecular formula is C31H37F3N6O2. The van der Waals surface area contributed by atoms with Crippen LogP contribution in [0.2, 0.25) is 0 Å². The van der Waals surface area contributed by atoms with Gasteiger partial charge in [0.1, 0.15) is 24.4 Å². The molecule has 1 amide bonds. The predicted octanol–water partition coefficient (Wildman–Crippen LogP) is 3.75. The number of likely N-dealkylation sites (tertiary alicyclic amines) is 2. The molecule has 7 rings (SSSR count). The van der Waals surface area contributed by atoms with E-state index in [4.69, 9.17) is 14.7 Å². The number of hydrogen-bond acceptors (Lipinski definition) is 7. The second-order valence-corrected chi connectivity index (χ2v) is 12.4. The Morgan fingerprint density at radius 1 is 1.07 bits per heavy atom. The first-order valence-corrected chi connectivity index (χ1v) is 15.1. The highest BCUT2D eigenvalue weighted by atomic mass is 19.1. The Morgan fingerprint density at radius 2 is 1.88 bits per heavy atom. The fraction of sp³-hybridized carbons (Fsp3) is 0.581. The molecule has 5 heterocycles. The molecule has 1 aliphatic carbocycles. The zero-order valence-corrected chi connectivity index (χ0v) is 24.0. The van der Waals surface area contributed by atoms with Crippen molar-refractivity contribution >= 4 is 17.4 Å². The smallest absolute Gasteiger partial charge is 0.318 e. The molecule has 0 radical (unpaired) electrons. The zero-order valence-electron chi connectivity index (χ0n) is 24.0. The highest BCUT2D eigenvalue weighted by Gasteiger charge is 2.50. The van der Waals surface area contributed by atoms with Gasteiger partial charge >= 0.3 is 6.01 Å². The normalized spacial score (nSPS) is 26.9. The molecular weight excluding hydrogens is 545 g/mol. The average Bonchev–Trinajstić information content (AvgIpc) is 3.48. The van der Waals surface area contributed by atoms with Crippen LogP contribution < -0.4 is 14.5 Å². The van der Waals surface area contributed by atoms with Crippen LogP contribution in [0.15, 0.2) is 24.5 Å². The van der Waals surface area contributed by atoms with Gasteiger partial charge in [-0.05, 0) is 75.3 Å². The molecule has 5 aliphatic rings. The molecule has 1 aromatic carbocycles. The molecule has 3 fully saturated rings. The van der Waals surface area contributed by atoms with Crippen molar-refractivity contribution in [2.24, 2.45) is 0 Å². The minimum absolute atomic E-state index is 0.0376. The van der Waals surface area contributed by atoms with E-state index in [0.29, 0.717) is 39.0 Å². The quantitative estimate of drug-likeness (QED) is 0.481. The Bertz CT molecular complexity index is 1420. The number of hydrogen-bond donors (Lipinski definition) is 0. The Hall–Kier alpha value is -3.34. The Kier molecular flexibility index (Phi) is 7.03. The van der Waals surface area contributed by atoms with Crippen molar-refractivity contribution in [2.75, 3.05) is 49.6 Å². The maximum atomic E-state index is 14.7. The minimum Gasteiger partial charge on any atom is -0.462 e. The summed E-state index contributed by atoms with van der Waals surface area (Å²) in [6.07, 6.45) is 4.68. The molecule has 2 aromatic rings. The predicted molar refractivity (Wildman–Crippen MR) is 153 cm³/mol. The standard InChI is InChI=1S/C31H37F3N6O2/c1-18(32)30(41)39-12-10-27-28(39)16-40(27)29-23-9-11-38(26-8-7-24(34)21-5-3-4-6-22(21)26)15-25(23)35-31(36-29)42-17-20-13-19(33)14-37(20)2/h7-8,19-20,27-28H,1,3-6,9-17H2,2H3/t19-,20+,27-,28-/m1/s1. The topological polar surface area (TPSA) is 65.0 Å². The summed E-state index contributed by atoms with van der Waals surface area (Å²) in [6.45, 7) is 6.20. The molecule has 224 valence electrons. The van der Waals surface area contributed by atoms with Gasteiger partial charge in [0.25, 0.3) is 5.91 Å². The molecule has 0 spiro atoms. The number of likely N-dealkylation sites (N-methyl/N-ethyl adjacent to an activating group) is 1. The third-order valence-corrected chi connectivity index (χ3v) is 9.92. The molecule has 4 atom stereocenters. The van der Waals surface area contributed by atoms with Gasteiger partial charge in [-0.25, -0.2) is 13.2 Å². The lowest BCUT2D eigenvalue weighted by Gasteiger charge is -2.48. The molecule has 3 saturated heterocycles. The molecule has 0 unspecified atom stereocenters. The summed E-state index contributed by atoms with van der Waals surface area (Å²) in [7, 11) is 1.90. The van der Waals surface area contributed by atoms with Crippen molar-refractivity contribution in [1.29, 1.82) is 0 Å². The van der Waals surface area contributed by atoms with Crippen LogP contribution in [-0.4, -0.2) is 89.8 Å². The van der Waals surface area contributed by atoms with Crippen molar-refractivity contribution in [2.45, 2.75) is 75.8 Å². The van der Waals surface area contributed by atoms with Crippen molar-refractivity contribution in [3.63, 3.8) is 0 Å². The summed E-state index contributed by atoms with van der Waals surface area (Å²) in [4.78, 5) is 30.1. The number of nitrogens with zero attached hydrogens (tertiary/aromatic N) is 6.